The van der Waals surface area contributed by atoms with Gasteiger partial charge < -0.3 is 20.7 Å². The second-order valence-electron chi connectivity index (χ2n) is 7.87. The van der Waals surface area contributed by atoms with Crippen LogP contribution in [0.5, 0.6) is 5.75 Å². The van der Waals surface area contributed by atoms with E-state index in [2.05, 4.69) is 15.3 Å². The molecule has 2 aromatic carbocycles. The van der Waals surface area contributed by atoms with Crippen molar-refractivity contribution in [2.75, 3.05) is 11.1 Å². The Morgan fingerprint density at radius 3 is 2.70 bits per heavy atom. The van der Waals surface area contributed by atoms with E-state index in [0.29, 0.717) is 22.5 Å². The number of phenolic OH excluding ortho intramolecular Hbond substituents is 1. The van der Waals surface area contributed by atoms with Crippen LogP contribution in [0.3, 0.4) is 0 Å². The monoisotopic (exact) mass is 446 g/mol. The van der Waals surface area contributed by atoms with Gasteiger partial charge in [-0.25, -0.2) is 14.4 Å². The molecule has 0 radical (unpaired) electrons. The number of phenols is 1. The Hall–Kier alpha value is -4.27. The van der Waals surface area contributed by atoms with Gasteiger partial charge in [-0.15, -0.1) is 0 Å². The van der Waals surface area contributed by atoms with Gasteiger partial charge in [-0.1, -0.05) is 24.3 Å². The molecule has 0 aliphatic heterocycles. The van der Waals surface area contributed by atoms with Gasteiger partial charge in [0.05, 0.1) is 23.2 Å². The standard InChI is InChI=1S/C24H23FN6O2/c1-13(2)31-16(9-14-5-4-8-18(25)19(14)24(31)33)11-28-23-20(22(27)29-12-30-23)21(26)15-6-3-7-17(32)10-15/h3-10,12-13,26,32H,11H2,1-2H3,(H3,27,28,29,30). The second-order valence-corrected chi connectivity index (χ2v) is 7.87. The third-order valence-corrected chi connectivity index (χ3v) is 5.32. The highest BCUT2D eigenvalue weighted by Crippen LogP contribution is 2.25. The number of rotatable bonds is 6. The number of aromatic nitrogens is 3. The van der Waals surface area contributed by atoms with Gasteiger partial charge in [-0.05, 0) is 43.5 Å². The van der Waals surface area contributed by atoms with E-state index in [1.807, 2.05) is 13.8 Å². The largest absolute Gasteiger partial charge is 0.508 e. The molecule has 33 heavy (non-hydrogen) atoms. The summed E-state index contributed by atoms with van der Waals surface area (Å²) in [5.41, 5.74) is 7.04. The lowest BCUT2D eigenvalue weighted by Gasteiger charge is -2.19. The predicted molar refractivity (Wildman–Crippen MR) is 126 cm³/mol. The summed E-state index contributed by atoms with van der Waals surface area (Å²) in [5, 5.41) is 22.1. The Kier molecular flexibility index (Phi) is 5.78. The summed E-state index contributed by atoms with van der Waals surface area (Å²) in [6.45, 7) is 3.88. The fraction of sp³-hybridized carbons (Fsp3) is 0.167. The molecule has 9 heteroatoms. The summed E-state index contributed by atoms with van der Waals surface area (Å²) in [4.78, 5) is 21.3. The Morgan fingerprint density at radius 2 is 1.97 bits per heavy atom. The van der Waals surface area contributed by atoms with E-state index in [-0.39, 0.29) is 40.8 Å². The molecule has 5 N–H and O–H groups in total. The number of nitrogen functional groups attached to an aromatic ring is 1. The molecule has 2 aromatic heterocycles. The van der Waals surface area contributed by atoms with Crippen LogP contribution in [0.1, 0.15) is 36.7 Å². The summed E-state index contributed by atoms with van der Waals surface area (Å²) < 4.78 is 15.9. The number of hydrogen-bond donors (Lipinski definition) is 4. The number of fused-ring (bicyclic) bond motifs is 1. The van der Waals surface area contributed by atoms with E-state index in [0.717, 1.165) is 0 Å². The van der Waals surface area contributed by atoms with E-state index in [4.69, 9.17) is 11.1 Å². The highest BCUT2D eigenvalue weighted by atomic mass is 19.1. The van der Waals surface area contributed by atoms with Gasteiger partial charge in [0.25, 0.3) is 5.56 Å². The smallest absolute Gasteiger partial charge is 0.261 e. The lowest BCUT2D eigenvalue weighted by Crippen LogP contribution is -2.27. The molecule has 4 aromatic rings. The summed E-state index contributed by atoms with van der Waals surface area (Å²) in [6.07, 6.45) is 1.28. The number of nitrogens with zero attached hydrogens (tertiary/aromatic N) is 3. The first-order chi connectivity index (χ1) is 15.8. The molecule has 168 valence electrons. The van der Waals surface area contributed by atoms with E-state index < -0.39 is 11.4 Å². The minimum Gasteiger partial charge on any atom is -0.508 e. The lowest BCUT2D eigenvalue weighted by atomic mass is 10.0. The van der Waals surface area contributed by atoms with Gasteiger partial charge >= 0.3 is 0 Å². The lowest BCUT2D eigenvalue weighted by molar-refractivity contribution is 0.475. The first kappa shape index (κ1) is 21.9. The molecule has 4 rings (SSSR count). The van der Waals surface area contributed by atoms with Crippen LogP contribution in [0.15, 0.2) is 59.7 Å². The van der Waals surface area contributed by atoms with Gasteiger partial charge in [-0.2, -0.15) is 0 Å². The van der Waals surface area contributed by atoms with Gasteiger partial charge in [0.1, 0.15) is 29.5 Å². The maximum absolute atomic E-state index is 14.3. The summed E-state index contributed by atoms with van der Waals surface area (Å²) >= 11 is 0. The van der Waals surface area contributed by atoms with Gasteiger partial charge in [0, 0.05) is 17.3 Å². The van der Waals surface area contributed by atoms with Crippen molar-refractivity contribution in [1.29, 1.82) is 5.41 Å². The third kappa shape index (κ3) is 4.12. The average Bonchev–Trinajstić information content (AvgIpc) is 2.77. The van der Waals surface area contributed by atoms with E-state index in [9.17, 15) is 14.3 Å². The van der Waals surface area contributed by atoms with E-state index >= 15 is 0 Å². The van der Waals surface area contributed by atoms with Crippen LogP contribution in [0.4, 0.5) is 16.0 Å². The predicted octanol–water partition coefficient (Wildman–Crippen LogP) is 3.83. The topological polar surface area (TPSA) is 130 Å². The molecule has 0 atom stereocenters. The molecule has 0 saturated heterocycles. The summed E-state index contributed by atoms with van der Waals surface area (Å²) in [5.74, 6) is -0.135. The fourth-order valence-electron chi connectivity index (χ4n) is 3.85. The normalized spacial score (nSPS) is 11.2. The summed E-state index contributed by atoms with van der Waals surface area (Å²) in [6, 6.07) is 12.3. The van der Waals surface area contributed by atoms with Crippen molar-refractivity contribution in [2.45, 2.75) is 26.4 Å². The number of pyridine rings is 1. The quantitative estimate of drug-likeness (QED) is 0.333. The van der Waals surface area contributed by atoms with E-state index in [1.54, 1.807) is 30.3 Å². The molecular weight excluding hydrogens is 423 g/mol. The minimum atomic E-state index is -0.558. The molecule has 0 spiro atoms. The van der Waals surface area contributed by atoms with Crippen molar-refractivity contribution in [1.82, 2.24) is 14.5 Å². The van der Waals surface area contributed by atoms with Crippen molar-refractivity contribution in [3.8, 4) is 5.75 Å². The highest BCUT2D eigenvalue weighted by molar-refractivity contribution is 6.16. The van der Waals surface area contributed by atoms with Crippen LogP contribution in [0, 0.1) is 11.2 Å². The molecule has 8 nitrogen and oxygen atoms in total. The fourth-order valence-corrected chi connectivity index (χ4v) is 3.85. The van der Waals surface area contributed by atoms with Crippen molar-refractivity contribution < 1.29 is 9.50 Å². The number of anilines is 2. The maximum atomic E-state index is 14.3. The van der Waals surface area contributed by atoms with E-state index in [1.165, 1.54) is 29.1 Å². The zero-order valence-electron chi connectivity index (χ0n) is 18.1. The van der Waals surface area contributed by atoms with Crippen molar-refractivity contribution in [2.24, 2.45) is 0 Å². The van der Waals surface area contributed by atoms with Crippen molar-refractivity contribution >= 4 is 28.1 Å². The van der Waals surface area contributed by atoms with Crippen LogP contribution >= 0.6 is 0 Å². The molecule has 2 heterocycles. The van der Waals surface area contributed by atoms with Crippen LogP contribution in [-0.4, -0.2) is 25.4 Å². The molecule has 0 aliphatic rings. The van der Waals surface area contributed by atoms with Crippen LogP contribution in [0.2, 0.25) is 0 Å². The molecular formula is C24H23FN6O2. The molecule has 0 amide bonds. The number of benzene rings is 2. The van der Waals surface area contributed by atoms with Gasteiger partial charge in [0.2, 0.25) is 0 Å². The first-order valence-corrected chi connectivity index (χ1v) is 10.3. The minimum absolute atomic E-state index is 0.0199. The Balaban J connectivity index is 1.75. The van der Waals surface area contributed by atoms with Crippen LogP contribution < -0.4 is 16.6 Å². The highest BCUT2D eigenvalue weighted by Gasteiger charge is 2.19. The molecule has 0 fully saturated rings. The SMILES string of the molecule is CC(C)n1c(CNc2ncnc(N)c2C(=N)c2cccc(O)c2)cc2cccc(F)c2c1=O. The number of nitrogens with two attached hydrogens (primary N) is 1. The number of aromatic hydroxyl groups is 1. The Morgan fingerprint density at radius 1 is 1.21 bits per heavy atom. The molecule has 0 unspecified atom stereocenters. The Bertz CT molecular complexity index is 1430. The Labute approximate surface area is 189 Å². The second kappa shape index (κ2) is 8.70. The third-order valence-electron chi connectivity index (χ3n) is 5.32. The van der Waals surface area contributed by atoms with Crippen molar-refractivity contribution in [3.63, 3.8) is 0 Å². The number of halogens is 1. The number of hydrogen-bond acceptors (Lipinski definition) is 7. The zero-order valence-corrected chi connectivity index (χ0v) is 18.1. The van der Waals surface area contributed by atoms with Crippen LogP contribution in [0.25, 0.3) is 10.8 Å². The molecule has 0 bridgehead atoms. The number of nitrogens with one attached hydrogen (secondary N) is 2. The average molecular weight is 446 g/mol. The van der Waals surface area contributed by atoms with Gasteiger partial charge in [-0.3, -0.25) is 10.2 Å². The molecule has 0 saturated carbocycles. The first-order valence-electron chi connectivity index (χ1n) is 10.3. The summed E-state index contributed by atoms with van der Waals surface area (Å²) in [7, 11) is 0. The zero-order chi connectivity index (χ0) is 23.7. The van der Waals surface area contributed by atoms with Gasteiger partial charge in [0.15, 0.2) is 0 Å². The van der Waals surface area contributed by atoms with Crippen LogP contribution in [-0.2, 0) is 6.54 Å². The maximum Gasteiger partial charge on any atom is 0.261 e. The molecule has 0 aliphatic carbocycles. The van der Waals surface area contributed by atoms with Crippen molar-refractivity contribution in [3.05, 3.63) is 87.9 Å².